The largest absolute Gasteiger partial charge is 0.373 e. The highest BCUT2D eigenvalue weighted by atomic mass is 35.5. The quantitative estimate of drug-likeness (QED) is 0.256. The molecule has 6 nitrogen and oxygen atoms in total. The predicted octanol–water partition coefficient (Wildman–Crippen LogP) is 3.03. The van der Waals surface area contributed by atoms with Gasteiger partial charge in [0.2, 0.25) is 0 Å². The Morgan fingerprint density at radius 2 is 2.25 bits per heavy atom. The Bertz CT molecular complexity index is 542. The van der Waals surface area contributed by atoms with Crippen molar-refractivity contribution in [1.29, 1.82) is 5.41 Å². The summed E-state index contributed by atoms with van der Waals surface area (Å²) >= 11 is 9.81. The number of nitro groups is 1. The number of amidine groups is 1. The minimum atomic E-state index is -2.70. The number of thiol groups is 1. The molecule has 0 saturated carbocycles. The van der Waals surface area contributed by atoms with Crippen LogP contribution >= 0.6 is 24.4 Å². The number of nitrogens with zero attached hydrogens (tertiary/aromatic N) is 2. The molecule has 0 saturated heterocycles. The van der Waals surface area contributed by atoms with Crippen LogP contribution in [0, 0.1) is 15.5 Å². The van der Waals surface area contributed by atoms with Crippen LogP contribution in [-0.4, -0.2) is 35.1 Å². The van der Waals surface area contributed by atoms with Gasteiger partial charge in [0.1, 0.15) is 11.5 Å². The molecule has 0 spiro atoms. The van der Waals surface area contributed by atoms with Crippen LogP contribution in [-0.2, 0) is 0 Å². The molecular formula is C10H11ClF2N4O2S. The lowest BCUT2D eigenvalue weighted by atomic mass is 10.1. The first-order valence-corrected chi connectivity index (χ1v) is 6.04. The van der Waals surface area contributed by atoms with E-state index >= 15 is 0 Å². The molecule has 0 unspecified atom stereocenters. The lowest BCUT2D eigenvalue weighted by Crippen LogP contribution is -2.21. The van der Waals surface area contributed by atoms with Crippen molar-refractivity contribution >= 4 is 41.6 Å². The highest BCUT2D eigenvalue weighted by Crippen LogP contribution is 2.34. The number of rotatable bonds is 5. The fraction of sp³-hybridized carbons (Fsp3) is 0.300. The number of anilines is 1. The number of hydrogen-bond donors (Lipinski definition) is 3. The Labute approximate surface area is 123 Å². The Kier molecular flexibility index (Phi) is 5.52. The van der Waals surface area contributed by atoms with E-state index in [-0.39, 0.29) is 22.1 Å². The molecule has 0 aliphatic carbocycles. The molecule has 1 aromatic rings. The Hall–Kier alpha value is -1.61. The molecule has 2 N–H and O–H groups in total. The van der Waals surface area contributed by atoms with E-state index in [9.17, 15) is 18.9 Å². The van der Waals surface area contributed by atoms with Crippen LogP contribution in [0.5, 0.6) is 0 Å². The van der Waals surface area contributed by atoms with Gasteiger partial charge in [-0.2, -0.15) is 0 Å². The van der Waals surface area contributed by atoms with Crippen LogP contribution in [0.1, 0.15) is 5.56 Å². The summed E-state index contributed by atoms with van der Waals surface area (Å²) in [5, 5.41) is 21.0. The van der Waals surface area contributed by atoms with Crippen molar-refractivity contribution in [3.8, 4) is 0 Å². The molecule has 1 rings (SSSR count). The van der Waals surface area contributed by atoms with Gasteiger partial charge in [0.25, 0.3) is 12.1 Å². The van der Waals surface area contributed by atoms with Gasteiger partial charge < -0.3 is 9.62 Å². The van der Waals surface area contributed by atoms with Gasteiger partial charge in [-0.25, -0.2) is 8.78 Å². The Balaban J connectivity index is 3.41. The molecule has 20 heavy (non-hydrogen) atoms. The summed E-state index contributed by atoms with van der Waals surface area (Å²) in [5.41, 5.74) is -0.724. The van der Waals surface area contributed by atoms with Gasteiger partial charge in [0, 0.05) is 13.1 Å². The molecule has 0 aliphatic heterocycles. The van der Waals surface area contributed by atoms with Crippen LogP contribution in [0.4, 0.5) is 20.2 Å². The molecule has 0 aromatic heterocycles. The third-order valence-electron chi connectivity index (χ3n) is 2.32. The van der Waals surface area contributed by atoms with E-state index in [4.69, 9.17) is 17.0 Å². The highest BCUT2D eigenvalue weighted by Gasteiger charge is 2.24. The van der Waals surface area contributed by atoms with Gasteiger partial charge in [0.15, 0.2) is 0 Å². The van der Waals surface area contributed by atoms with E-state index < -0.39 is 23.6 Å². The topological polar surface area (TPSA) is 82.3 Å². The van der Waals surface area contributed by atoms with Gasteiger partial charge in [0.05, 0.1) is 22.1 Å². The minimum Gasteiger partial charge on any atom is -0.373 e. The third-order valence-corrected chi connectivity index (χ3v) is 2.84. The second-order valence-corrected chi connectivity index (χ2v) is 4.73. The van der Waals surface area contributed by atoms with Gasteiger partial charge in [-0.05, 0) is 6.07 Å². The molecule has 0 heterocycles. The first kappa shape index (κ1) is 16.4. The highest BCUT2D eigenvalue weighted by molar-refractivity contribution is 7.78. The number of benzene rings is 1. The maximum Gasteiger partial charge on any atom is 0.293 e. The van der Waals surface area contributed by atoms with Crippen LogP contribution in [0.25, 0.3) is 0 Å². The van der Waals surface area contributed by atoms with Crippen LogP contribution < -0.4 is 5.32 Å². The molecule has 10 heteroatoms. The van der Waals surface area contributed by atoms with E-state index in [1.165, 1.54) is 13.1 Å². The van der Waals surface area contributed by atoms with Crippen molar-refractivity contribution in [3.63, 3.8) is 0 Å². The molecule has 0 fully saturated rings. The average Bonchev–Trinajstić information content (AvgIpc) is 2.34. The summed E-state index contributed by atoms with van der Waals surface area (Å²) < 4.78 is 25.7. The average molecular weight is 325 g/mol. The van der Waals surface area contributed by atoms with Crippen molar-refractivity contribution in [1.82, 2.24) is 4.31 Å². The zero-order chi connectivity index (χ0) is 15.4. The van der Waals surface area contributed by atoms with Gasteiger partial charge in [-0.15, -0.1) is 0 Å². The molecule has 0 amide bonds. The van der Waals surface area contributed by atoms with Gasteiger partial charge in [-0.3, -0.25) is 15.5 Å². The lowest BCUT2D eigenvalue weighted by molar-refractivity contribution is -0.384. The molecule has 0 aliphatic rings. The van der Waals surface area contributed by atoms with Crippen molar-refractivity contribution in [2.75, 3.05) is 18.9 Å². The second kappa shape index (κ2) is 6.71. The monoisotopic (exact) mass is 324 g/mol. The van der Waals surface area contributed by atoms with E-state index in [0.717, 1.165) is 10.4 Å². The molecule has 0 atom stereocenters. The fourth-order valence-corrected chi connectivity index (χ4v) is 1.82. The summed E-state index contributed by atoms with van der Waals surface area (Å²) in [7, 11) is 1.41. The van der Waals surface area contributed by atoms with Crippen molar-refractivity contribution in [2.24, 2.45) is 0 Å². The van der Waals surface area contributed by atoms with Gasteiger partial charge in [-0.1, -0.05) is 24.4 Å². The SMILES string of the molecule is CN(S)C(=N)c1c(Cl)ccc([N+](=O)[O-])c1NCC(F)F. The third kappa shape index (κ3) is 3.70. The molecule has 0 bridgehead atoms. The summed E-state index contributed by atoms with van der Waals surface area (Å²) in [5.74, 6) is -0.251. The van der Waals surface area contributed by atoms with E-state index in [2.05, 4.69) is 18.1 Å². The van der Waals surface area contributed by atoms with Gasteiger partial charge >= 0.3 is 0 Å². The number of alkyl halides is 2. The standard InChI is InChI=1S/C10H11ClF2N4O2S/c1-16(20)10(14)8-5(11)2-3-6(17(18)19)9(8)15-4-7(12)13/h2-3,7,14-15,20H,4H2,1H3. The number of halogens is 3. The first-order chi connectivity index (χ1) is 9.25. The Morgan fingerprint density at radius 3 is 2.70 bits per heavy atom. The van der Waals surface area contributed by atoms with Crippen molar-refractivity contribution < 1.29 is 13.7 Å². The van der Waals surface area contributed by atoms with Crippen molar-refractivity contribution in [3.05, 3.63) is 32.8 Å². The first-order valence-electron chi connectivity index (χ1n) is 5.26. The molecule has 1 aromatic carbocycles. The van der Waals surface area contributed by atoms with Crippen molar-refractivity contribution in [2.45, 2.75) is 6.43 Å². The van der Waals surface area contributed by atoms with Crippen LogP contribution in [0.3, 0.4) is 0 Å². The predicted molar refractivity (Wildman–Crippen MR) is 76.2 cm³/mol. The molecular weight excluding hydrogens is 314 g/mol. The van der Waals surface area contributed by atoms with Crippen LogP contribution in [0.2, 0.25) is 5.02 Å². The van der Waals surface area contributed by atoms with E-state index in [1.54, 1.807) is 0 Å². The summed E-state index contributed by atoms with van der Waals surface area (Å²) in [4.78, 5) is 10.2. The summed E-state index contributed by atoms with van der Waals surface area (Å²) in [6.07, 6.45) is -2.70. The number of nitro benzene ring substituents is 1. The van der Waals surface area contributed by atoms with Crippen LogP contribution in [0.15, 0.2) is 12.1 Å². The fourth-order valence-electron chi connectivity index (χ4n) is 1.47. The molecule has 0 radical (unpaired) electrons. The zero-order valence-corrected chi connectivity index (χ0v) is 11.9. The smallest absolute Gasteiger partial charge is 0.293 e. The summed E-state index contributed by atoms with van der Waals surface area (Å²) in [6, 6.07) is 2.32. The second-order valence-electron chi connectivity index (χ2n) is 3.72. The molecule has 110 valence electrons. The number of hydrogen-bond acceptors (Lipinski definition) is 5. The van der Waals surface area contributed by atoms with E-state index in [1.807, 2.05) is 0 Å². The normalized spacial score (nSPS) is 10.5. The minimum absolute atomic E-state index is 0.0262. The van der Waals surface area contributed by atoms with E-state index in [0.29, 0.717) is 0 Å². The lowest BCUT2D eigenvalue weighted by Gasteiger charge is -2.18. The Morgan fingerprint density at radius 1 is 1.65 bits per heavy atom. The summed E-state index contributed by atoms with van der Waals surface area (Å²) in [6.45, 7) is -0.794. The maximum atomic E-state index is 12.3. The zero-order valence-electron chi connectivity index (χ0n) is 10.2. The maximum absolute atomic E-state index is 12.3. The number of nitrogens with one attached hydrogen (secondary N) is 2.